The first-order valence-electron chi connectivity index (χ1n) is 9.47. The molecule has 0 saturated heterocycles. The van der Waals surface area contributed by atoms with Gasteiger partial charge in [0.25, 0.3) is 11.7 Å². The third kappa shape index (κ3) is 4.75. The highest BCUT2D eigenvalue weighted by Crippen LogP contribution is 2.37. The van der Waals surface area contributed by atoms with Crippen LogP contribution >= 0.6 is 0 Å². The minimum Gasteiger partial charge on any atom is -0.481 e. The van der Waals surface area contributed by atoms with Crippen molar-refractivity contribution in [3.05, 3.63) is 66.2 Å². The second-order valence-electron chi connectivity index (χ2n) is 6.47. The Morgan fingerprint density at radius 2 is 1.70 bits per heavy atom. The number of fused-ring (bicyclic) bond motifs is 1. The lowest BCUT2D eigenvalue weighted by Gasteiger charge is -2.15. The van der Waals surface area contributed by atoms with Gasteiger partial charge in [0.05, 0.1) is 0 Å². The topological polar surface area (TPSA) is 102 Å². The fourth-order valence-corrected chi connectivity index (χ4v) is 2.94. The van der Waals surface area contributed by atoms with Gasteiger partial charge < -0.3 is 19.9 Å². The second kappa shape index (κ2) is 9.56. The lowest BCUT2D eigenvalue weighted by molar-refractivity contribution is -0.139. The van der Waals surface area contributed by atoms with E-state index >= 15 is 0 Å². The standard InChI is InChI=1S/C23H21NO6/c1-2-13-24-23(28)22(27)17-11-12-18(30-15-7-4-3-5-8-15)16-9-6-10-19(21(16)17)29-14-20(25)26/h3-12H,2,13-14H2,1H3,(H,24,28)(H,25,26). The van der Waals surface area contributed by atoms with Crippen molar-refractivity contribution in [3.8, 4) is 17.2 Å². The molecule has 30 heavy (non-hydrogen) atoms. The Morgan fingerprint density at radius 1 is 0.933 bits per heavy atom. The Labute approximate surface area is 173 Å². The van der Waals surface area contributed by atoms with Crippen LogP contribution in [0.2, 0.25) is 0 Å². The highest BCUT2D eigenvalue weighted by atomic mass is 16.5. The summed E-state index contributed by atoms with van der Waals surface area (Å²) in [7, 11) is 0. The molecule has 154 valence electrons. The highest BCUT2D eigenvalue weighted by molar-refractivity contribution is 6.45. The quantitative estimate of drug-likeness (QED) is 0.413. The molecule has 0 aliphatic rings. The number of ether oxygens (including phenoxy) is 2. The molecule has 0 saturated carbocycles. The van der Waals surface area contributed by atoms with Crippen LogP contribution in [-0.2, 0) is 9.59 Å². The van der Waals surface area contributed by atoms with Gasteiger partial charge in [-0.25, -0.2) is 4.79 Å². The van der Waals surface area contributed by atoms with Crippen molar-refractivity contribution in [2.24, 2.45) is 0 Å². The Hall–Kier alpha value is -3.87. The monoisotopic (exact) mass is 407 g/mol. The summed E-state index contributed by atoms with van der Waals surface area (Å²) in [6.07, 6.45) is 0.691. The van der Waals surface area contributed by atoms with Gasteiger partial charge in [0.2, 0.25) is 0 Å². The van der Waals surface area contributed by atoms with Crippen molar-refractivity contribution in [3.63, 3.8) is 0 Å². The molecule has 0 radical (unpaired) electrons. The van der Waals surface area contributed by atoms with E-state index in [2.05, 4.69) is 5.32 Å². The van der Waals surface area contributed by atoms with Crippen LogP contribution in [0.4, 0.5) is 0 Å². The molecule has 3 aromatic carbocycles. The number of carboxylic acids is 1. The smallest absolute Gasteiger partial charge is 0.341 e. The van der Waals surface area contributed by atoms with Crippen molar-refractivity contribution in [2.75, 3.05) is 13.2 Å². The Kier molecular flexibility index (Phi) is 6.64. The number of carboxylic acid groups (broad SMARTS) is 1. The largest absolute Gasteiger partial charge is 0.481 e. The summed E-state index contributed by atoms with van der Waals surface area (Å²) in [5.74, 6) is -1.40. The van der Waals surface area contributed by atoms with Crippen LogP contribution in [-0.4, -0.2) is 35.9 Å². The predicted octanol–water partition coefficient (Wildman–Crippen LogP) is 3.80. The number of Topliss-reactive ketones (excluding diaryl/α,β-unsaturated/α-hetero) is 1. The molecular weight excluding hydrogens is 386 g/mol. The van der Waals surface area contributed by atoms with E-state index in [1.807, 2.05) is 25.1 Å². The van der Waals surface area contributed by atoms with E-state index in [0.717, 1.165) is 0 Å². The summed E-state index contributed by atoms with van der Waals surface area (Å²) in [5, 5.41) is 12.4. The fourth-order valence-electron chi connectivity index (χ4n) is 2.94. The minimum absolute atomic E-state index is 0.111. The number of ketones is 1. The van der Waals surface area contributed by atoms with E-state index in [9.17, 15) is 14.4 Å². The molecule has 3 aromatic rings. The zero-order chi connectivity index (χ0) is 21.5. The van der Waals surface area contributed by atoms with E-state index in [4.69, 9.17) is 14.6 Å². The normalized spacial score (nSPS) is 10.4. The summed E-state index contributed by atoms with van der Waals surface area (Å²) >= 11 is 0. The van der Waals surface area contributed by atoms with E-state index in [0.29, 0.717) is 35.2 Å². The molecule has 0 unspecified atom stereocenters. The number of aliphatic carboxylic acids is 1. The van der Waals surface area contributed by atoms with Crippen LogP contribution in [0.15, 0.2) is 60.7 Å². The summed E-state index contributed by atoms with van der Waals surface area (Å²) in [6, 6.07) is 17.1. The molecule has 7 heteroatoms. The number of rotatable bonds is 9. The molecule has 0 aliphatic heterocycles. The molecular formula is C23H21NO6. The van der Waals surface area contributed by atoms with Crippen LogP contribution in [0.25, 0.3) is 10.8 Å². The van der Waals surface area contributed by atoms with Crippen LogP contribution in [0.5, 0.6) is 17.2 Å². The number of hydrogen-bond donors (Lipinski definition) is 2. The first kappa shape index (κ1) is 20.9. The molecule has 7 nitrogen and oxygen atoms in total. The first-order chi connectivity index (χ1) is 14.5. The average Bonchev–Trinajstić information content (AvgIpc) is 2.76. The van der Waals surface area contributed by atoms with Gasteiger partial charge in [0.15, 0.2) is 6.61 Å². The lowest BCUT2D eigenvalue weighted by Crippen LogP contribution is -2.31. The molecule has 2 N–H and O–H groups in total. The van der Waals surface area contributed by atoms with Gasteiger partial charge in [-0.2, -0.15) is 0 Å². The molecule has 0 fully saturated rings. The third-order valence-electron chi connectivity index (χ3n) is 4.27. The van der Waals surface area contributed by atoms with Gasteiger partial charge in [-0.15, -0.1) is 0 Å². The fraction of sp³-hybridized carbons (Fsp3) is 0.174. The molecule has 0 heterocycles. The number of para-hydroxylation sites is 1. The van der Waals surface area contributed by atoms with Crippen LogP contribution < -0.4 is 14.8 Å². The molecule has 0 bridgehead atoms. The maximum Gasteiger partial charge on any atom is 0.341 e. The van der Waals surface area contributed by atoms with E-state index in [1.54, 1.807) is 36.4 Å². The SMILES string of the molecule is CCCNC(=O)C(=O)c1ccc(Oc2ccccc2)c2cccc(OCC(=O)O)c12. The molecule has 0 aliphatic carbocycles. The van der Waals surface area contributed by atoms with Crippen molar-refractivity contribution in [1.29, 1.82) is 0 Å². The zero-order valence-corrected chi connectivity index (χ0v) is 16.4. The number of carbonyl (C=O) groups excluding carboxylic acids is 2. The molecule has 0 atom stereocenters. The van der Waals surface area contributed by atoms with Gasteiger partial charge in [0.1, 0.15) is 17.2 Å². The van der Waals surface area contributed by atoms with Gasteiger partial charge in [-0.1, -0.05) is 37.3 Å². The number of hydrogen-bond acceptors (Lipinski definition) is 5. The zero-order valence-electron chi connectivity index (χ0n) is 16.4. The number of benzene rings is 3. The van der Waals surface area contributed by atoms with Crippen LogP contribution in [0.1, 0.15) is 23.7 Å². The van der Waals surface area contributed by atoms with E-state index in [1.165, 1.54) is 6.07 Å². The van der Waals surface area contributed by atoms with E-state index < -0.39 is 24.3 Å². The summed E-state index contributed by atoms with van der Waals surface area (Å²) in [4.78, 5) is 36.1. The van der Waals surface area contributed by atoms with Gasteiger partial charge in [-0.05, 0) is 36.8 Å². The third-order valence-corrected chi connectivity index (χ3v) is 4.27. The molecule has 0 spiro atoms. The number of carbonyl (C=O) groups is 3. The van der Waals surface area contributed by atoms with Gasteiger partial charge in [-0.3, -0.25) is 9.59 Å². The summed E-state index contributed by atoms with van der Waals surface area (Å²) in [5.41, 5.74) is 0.111. The van der Waals surface area contributed by atoms with Crippen LogP contribution in [0, 0.1) is 0 Å². The van der Waals surface area contributed by atoms with Gasteiger partial charge >= 0.3 is 5.97 Å². The van der Waals surface area contributed by atoms with Crippen molar-refractivity contribution in [1.82, 2.24) is 5.32 Å². The van der Waals surface area contributed by atoms with Crippen LogP contribution in [0.3, 0.4) is 0 Å². The second-order valence-corrected chi connectivity index (χ2v) is 6.47. The Morgan fingerprint density at radius 3 is 2.40 bits per heavy atom. The first-order valence-corrected chi connectivity index (χ1v) is 9.47. The number of amides is 1. The van der Waals surface area contributed by atoms with Crippen molar-refractivity contribution >= 4 is 28.4 Å². The van der Waals surface area contributed by atoms with Gasteiger partial charge in [0, 0.05) is 22.9 Å². The van der Waals surface area contributed by atoms with Crippen molar-refractivity contribution in [2.45, 2.75) is 13.3 Å². The number of nitrogens with one attached hydrogen (secondary N) is 1. The Balaban J connectivity index is 2.11. The minimum atomic E-state index is -1.16. The Bertz CT molecular complexity index is 1080. The maximum atomic E-state index is 12.8. The van der Waals surface area contributed by atoms with E-state index in [-0.39, 0.29) is 11.3 Å². The summed E-state index contributed by atoms with van der Waals surface area (Å²) in [6.45, 7) is 1.67. The van der Waals surface area contributed by atoms with Crippen molar-refractivity contribution < 1.29 is 29.0 Å². The molecule has 3 rings (SSSR count). The molecule has 0 aromatic heterocycles. The summed E-state index contributed by atoms with van der Waals surface area (Å²) < 4.78 is 11.3. The highest BCUT2D eigenvalue weighted by Gasteiger charge is 2.22. The maximum absolute atomic E-state index is 12.8. The lowest BCUT2D eigenvalue weighted by atomic mass is 9.99. The predicted molar refractivity (Wildman–Crippen MR) is 111 cm³/mol. The molecule has 1 amide bonds. The average molecular weight is 407 g/mol.